The van der Waals surface area contributed by atoms with Gasteiger partial charge in [-0.1, -0.05) is 39.0 Å². The van der Waals surface area contributed by atoms with Gasteiger partial charge in [0, 0.05) is 0 Å². The van der Waals surface area contributed by atoms with Gasteiger partial charge in [-0.3, -0.25) is 0 Å². The quantitative estimate of drug-likeness (QED) is 0.759. The molecule has 1 heterocycles. The topological polar surface area (TPSA) is 55.9 Å². The second-order valence-electron chi connectivity index (χ2n) is 7.48. The van der Waals surface area contributed by atoms with Crippen LogP contribution in [0.1, 0.15) is 31.9 Å². The molecular weight excluding hydrogens is 336 g/mol. The summed E-state index contributed by atoms with van der Waals surface area (Å²) >= 11 is 0. The molecule has 0 radical (unpaired) electrons. The highest BCUT2D eigenvalue weighted by Gasteiger charge is 2.26. The zero-order valence-electron chi connectivity index (χ0n) is 15.1. The van der Waals surface area contributed by atoms with Crippen LogP contribution in [0.2, 0.25) is 0 Å². The van der Waals surface area contributed by atoms with Crippen molar-refractivity contribution in [2.75, 3.05) is 13.2 Å². The molecule has 1 atom stereocenters. The number of benzene rings is 2. The maximum Gasteiger partial charge on any atom is 0.206 e. The van der Waals surface area contributed by atoms with Crippen LogP contribution in [0.3, 0.4) is 0 Å². The highest BCUT2D eigenvalue weighted by Crippen LogP contribution is 2.33. The molecule has 0 saturated carbocycles. The van der Waals surface area contributed by atoms with Crippen molar-refractivity contribution in [3.8, 4) is 5.75 Å². The van der Waals surface area contributed by atoms with E-state index in [-0.39, 0.29) is 16.4 Å². The van der Waals surface area contributed by atoms with Crippen LogP contribution in [0.5, 0.6) is 5.75 Å². The van der Waals surface area contributed by atoms with Gasteiger partial charge in [0.2, 0.25) is 9.84 Å². The summed E-state index contributed by atoms with van der Waals surface area (Å²) in [4.78, 5) is 0.596. The van der Waals surface area contributed by atoms with Crippen molar-refractivity contribution >= 4 is 9.84 Å². The first-order chi connectivity index (χ1) is 11.7. The molecule has 0 bridgehead atoms. The highest BCUT2D eigenvalue weighted by atomic mass is 32.2. The summed E-state index contributed by atoms with van der Waals surface area (Å²) in [5, 5.41) is 0. The first-order valence-corrected chi connectivity index (χ1v) is 9.87. The Balaban J connectivity index is 2.07. The first kappa shape index (κ1) is 18.0. The Hall–Kier alpha value is -1.85. The van der Waals surface area contributed by atoms with Gasteiger partial charge in [0.05, 0.1) is 16.4 Å². The maximum absolute atomic E-state index is 13.2. The molecule has 2 aromatic rings. The van der Waals surface area contributed by atoms with E-state index in [1.54, 1.807) is 24.3 Å². The number of epoxide rings is 1. The second-order valence-corrected chi connectivity index (χ2v) is 9.40. The molecule has 4 nitrogen and oxygen atoms in total. The molecule has 1 fully saturated rings. The lowest BCUT2D eigenvalue weighted by Gasteiger charge is -2.21. The molecular formula is C20H24O4S. The predicted octanol–water partition coefficient (Wildman–Crippen LogP) is 3.90. The molecule has 1 aliphatic rings. The van der Waals surface area contributed by atoms with Gasteiger partial charge in [-0.05, 0) is 47.7 Å². The lowest BCUT2D eigenvalue weighted by molar-refractivity contribution is 0.262. The normalized spacial score (nSPS) is 17.4. The molecule has 1 saturated heterocycles. The summed E-state index contributed by atoms with van der Waals surface area (Å²) in [7, 11) is -3.61. The standard InChI is InChI=1S/C20H24O4S/c1-14-7-5-6-8-19(14)25(21,22)18-10-15(20(2,3)4)9-16(11-18)23-12-17-13-24-17/h5-11,17H,12-13H2,1-4H3. The Morgan fingerprint density at radius 1 is 1.16 bits per heavy atom. The Labute approximate surface area is 149 Å². The molecule has 25 heavy (non-hydrogen) atoms. The third-order valence-electron chi connectivity index (χ3n) is 4.28. The van der Waals surface area contributed by atoms with Gasteiger partial charge < -0.3 is 9.47 Å². The van der Waals surface area contributed by atoms with Gasteiger partial charge in [-0.2, -0.15) is 0 Å². The van der Waals surface area contributed by atoms with Gasteiger partial charge in [0.1, 0.15) is 18.5 Å². The van der Waals surface area contributed by atoms with E-state index < -0.39 is 9.84 Å². The first-order valence-electron chi connectivity index (χ1n) is 8.38. The Kier molecular flexibility index (Phi) is 4.64. The van der Waals surface area contributed by atoms with Crippen LogP contribution in [-0.4, -0.2) is 27.7 Å². The second kappa shape index (κ2) is 6.46. The highest BCUT2D eigenvalue weighted by molar-refractivity contribution is 7.91. The Morgan fingerprint density at radius 2 is 1.84 bits per heavy atom. The Bertz CT molecular complexity index is 875. The van der Waals surface area contributed by atoms with Crippen molar-refractivity contribution in [1.82, 2.24) is 0 Å². The zero-order valence-corrected chi connectivity index (χ0v) is 15.9. The molecule has 0 aliphatic carbocycles. The third kappa shape index (κ3) is 4.05. The van der Waals surface area contributed by atoms with Crippen molar-refractivity contribution < 1.29 is 17.9 Å². The molecule has 3 rings (SSSR count). The van der Waals surface area contributed by atoms with Crippen molar-refractivity contribution in [1.29, 1.82) is 0 Å². The molecule has 0 amide bonds. The van der Waals surface area contributed by atoms with E-state index in [2.05, 4.69) is 20.8 Å². The van der Waals surface area contributed by atoms with E-state index in [0.29, 0.717) is 23.9 Å². The van der Waals surface area contributed by atoms with E-state index in [4.69, 9.17) is 9.47 Å². The minimum absolute atomic E-state index is 0.120. The monoisotopic (exact) mass is 360 g/mol. The number of sulfone groups is 1. The number of hydrogen-bond acceptors (Lipinski definition) is 4. The van der Waals surface area contributed by atoms with Gasteiger partial charge in [-0.25, -0.2) is 8.42 Å². The van der Waals surface area contributed by atoms with Crippen molar-refractivity contribution in [2.24, 2.45) is 0 Å². The van der Waals surface area contributed by atoms with Gasteiger partial charge in [-0.15, -0.1) is 0 Å². The minimum atomic E-state index is -3.61. The van der Waals surface area contributed by atoms with E-state index in [1.807, 2.05) is 25.1 Å². The van der Waals surface area contributed by atoms with Gasteiger partial charge in [0.25, 0.3) is 0 Å². The molecule has 1 aliphatic heterocycles. The van der Waals surface area contributed by atoms with Crippen molar-refractivity contribution in [3.63, 3.8) is 0 Å². The number of ether oxygens (including phenoxy) is 2. The van der Waals surface area contributed by atoms with Crippen LogP contribution in [0.4, 0.5) is 0 Å². The lowest BCUT2D eigenvalue weighted by atomic mass is 9.87. The predicted molar refractivity (Wildman–Crippen MR) is 97.0 cm³/mol. The van der Waals surface area contributed by atoms with E-state index >= 15 is 0 Å². The molecule has 0 N–H and O–H groups in total. The zero-order chi connectivity index (χ0) is 18.2. The van der Waals surface area contributed by atoms with E-state index in [0.717, 1.165) is 11.1 Å². The number of hydrogen-bond donors (Lipinski definition) is 0. The van der Waals surface area contributed by atoms with Crippen molar-refractivity contribution in [2.45, 2.75) is 49.0 Å². The fourth-order valence-corrected chi connectivity index (χ4v) is 4.14. The van der Waals surface area contributed by atoms with Crippen LogP contribution < -0.4 is 4.74 Å². The minimum Gasteiger partial charge on any atom is -0.491 e. The van der Waals surface area contributed by atoms with Crippen LogP contribution in [0, 0.1) is 6.92 Å². The molecule has 0 spiro atoms. The van der Waals surface area contributed by atoms with Crippen LogP contribution in [0.15, 0.2) is 52.3 Å². The summed E-state index contributed by atoms with van der Waals surface area (Å²) in [6.07, 6.45) is 0.120. The number of rotatable bonds is 5. The van der Waals surface area contributed by atoms with Crippen LogP contribution in [-0.2, 0) is 20.0 Å². The van der Waals surface area contributed by atoms with Crippen LogP contribution in [0.25, 0.3) is 0 Å². The molecule has 134 valence electrons. The largest absolute Gasteiger partial charge is 0.491 e. The van der Waals surface area contributed by atoms with E-state index in [9.17, 15) is 8.42 Å². The average molecular weight is 360 g/mol. The van der Waals surface area contributed by atoms with Crippen molar-refractivity contribution in [3.05, 3.63) is 53.6 Å². The molecule has 5 heteroatoms. The summed E-state index contributed by atoms with van der Waals surface area (Å²) in [6, 6.07) is 12.3. The lowest BCUT2D eigenvalue weighted by Crippen LogP contribution is -2.14. The maximum atomic E-state index is 13.2. The summed E-state index contributed by atoms with van der Waals surface area (Å²) in [5.41, 5.74) is 1.47. The average Bonchev–Trinajstić information content (AvgIpc) is 3.36. The fourth-order valence-electron chi connectivity index (χ4n) is 2.58. The Morgan fingerprint density at radius 3 is 2.44 bits per heavy atom. The molecule has 0 aromatic heterocycles. The summed E-state index contributed by atoms with van der Waals surface area (Å²) < 4.78 is 37.3. The number of aryl methyl sites for hydroxylation is 1. The molecule has 1 unspecified atom stereocenters. The van der Waals surface area contributed by atoms with Crippen LogP contribution >= 0.6 is 0 Å². The van der Waals surface area contributed by atoms with Gasteiger partial charge >= 0.3 is 0 Å². The smallest absolute Gasteiger partial charge is 0.206 e. The fraction of sp³-hybridized carbons (Fsp3) is 0.400. The van der Waals surface area contributed by atoms with Gasteiger partial charge in [0.15, 0.2) is 0 Å². The molecule has 2 aromatic carbocycles. The summed E-state index contributed by atoms with van der Waals surface area (Å²) in [6.45, 7) is 9.12. The van der Waals surface area contributed by atoms with E-state index in [1.165, 1.54) is 0 Å². The summed E-state index contributed by atoms with van der Waals surface area (Å²) in [5.74, 6) is 0.565. The third-order valence-corrected chi connectivity index (χ3v) is 6.17. The SMILES string of the molecule is Cc1ccccc1S(=O)(=O)c1cc(OCC2CO2)cc(C(C)(C)C)c1.